The van der Waals surface area contributed by atoms with Crippen LogP contribution in [0.2, 0.25) is 0 Å². The molecule has 3 N–H and O–H groups in total. The number of benzene rings is 2. The Morgan fingerprint density at radius 1 is 1.00 bits per heavy atom. The zero-order chi connectivity index (χ0) is 19.1. The topological polar surface area (TPSA) is 76.0 Å². The third-order valence-electron chi connectivity index (χ3n) is 5.01. The number of aliphatic hydroxyl groups is 1. The first-order valence-electron chi connectivity index (χ1n) is 9.34. The maximum atomic E-state index is 12.2. The lowest BCUT2D eigenvalue weighted by atomic mass is 10.1. The fourth-order valence-electron chi connectivity index (χ4n) is 3.36. The van der Waals surface area contributed by atoms with E-state index in [0.717, 1.165) is 32.7 Å². The van der Waals surface area contributed by atoms with Gasteiger partial charge >= 0.3 is 0 Å². The molecule has 0 aliphatic carbocycles. The van der Waals surface area contributed by atoms with Crippen molar-refractivity contribution in [2.75, 3.05) is 39.3 Å². The zero-order valence-electron chi connectivity index (χ0n) is 15.4. The highest BCUT2D eigenvalue weighted by Gasteiger charge is 2.24. The largest absolute Gasteiger partial charge is 0.508 e. The van der Waals surface area contributed by atoms with E-state index in [1.807, 2.05) is 6.07 Å². The summed E-state index contributed by atoms with van der Waals surface area (Å²) >= 11 is 0. The summed E-state index contributed by atoms with van der Waals surface area (Å²) in [6.07, 6.45) is 0. The van der Waals surface area contributed by atoms with Crippen LogP contribution >= 0.6 is 0 Å². The van der Waals surface area contributed by atoms with Crippen molar-refractivity contribution >= 4 is 5.91 Å². The molecule has 0 unspecified atom stereocenters. The molecule has 6 nitrogen and oxygen atoms in total. The van der Waals surface area contributed by atoms with Gasteiger partial charge in [-0.2, -0.15) is 0 Å². The fraction of sp³-hybridized carbons (Fsp3) is 0.381. The summed E-state index contributed by atoms with van der Waals surface area (Å²) in [4.78, 5) is 16.9. The molecular weight excluding hydrogens is 342 g/mol. The van der Waals surface area contributed by atoms with Crippen LogP contribution in [0, 0.1) is 0 Å². The molecule has 0 spiro atoms. The summed E-state index contributed by atoms with van der Waals surface area (Å²) in [7, 11) is 0. The van der Waals surface area contributed by atoms with E-state index in [-0.39, 0.29) is 24.3 Å². The Bertz CT molecular complexity index is 713. The van der Waals surface area contributed by atoms with Crippen LogP contribution in [0.25, 0.3) is 0 Å². The fourth-order valence-corrected chi connectivity index (χ4v) is 3.36. The molecule has 1 aliphatic rings. The highest BCUT2D eigenvalue weighted by atomic mass is 16.3. The smallest absolute Gasteiger partial charge is 0.251 e. The number of phenols is 1. The van der Waals surface area contributed by atoms with Gasteiger partial charge in [-0.25, -0.2) is 0 Å². The van der Waals surface area contributed by atoms with Crippen molar-refractivity contribution in [1.82, 2.24) is 15.1 Å². The summed E-state index contributed by atoms with van der Waals surface area (Å²) in [5.74, 6) is -0.0654. The first kappa shape index (κ1) is 19.4. The molecule has 1 saturated heterocycles. The summed E-state index contributed by atoms with van der Waals surface area (Å²) < 4.78 is 0. The lowest BCUT2D eigenvalue weighted by Gasteiger charge is -2.38. The number of rotatable bonds is 7. The predicted molar refractivity (Wildman–Crippen MR) is 105 cm³/mol. The number of carbonyl (C=O) groups is 1. The molecule has 144 valence electrons. The van der Waals surface area contributed by atoms with Crippen molar-refractivity contribution in [3.63, 3.8) is 0 Å². The van der Waals surface area contributed by atoms with E-state index in [2.05, 4.69) is 39.4 Å². The minimum Gasteiger partial charge on any atom is -0.508 e. The van der Waals surface area contributed by atoms with Crippen molar-refractivity contribution in [2.24, 2.45) is 0 Å². The number of hydrogen-bond acceptors (Lipinski definition) is 5. The monoisotopic (exact) mass is 369 g/mol. The van der Waals surface area contributed by atoms with Crippen molar-refractivity contribution < 1.29 is 15.0 Å². The van der Waals surface area contributed by atoms with Crippen LogP contribution in [-0.4, -0.2) is 71.3 Å². The van der Waals surface area contributed by atoms with E-state index in [1.54, 1.807) is 12.1 Å². The minimum absolute atomic E-state index is 0.00848. The highest BCUT2D eigenvalue weighted by molar-refractivity contribution is 5.94. The van der Waals surface area contributed by atoms with Crippen LogP contribution in [0.3, 0.4) is 0 Å². The Kier molecular flexibility index (Phi) is 6.81. The summed E-state index contributed by atoms with van der Waals surface area (Å²) in [5, 5.41) is 21.9. The second-order valence-corrected chi connectivity index (χ2v) is 6.89. The average molecular weight is 369 g/mol. The maximum absolute atomic E-state index is 12.2. The van der Waals surface area contributed by atoms with Crippen molar-refractivity contribution in [3.8, 4) is 5.75 Å². The normalized spacial score (nSPS) is 16.8. The maximum Gasteiger partial charge on any atom is 0.251 e. The van der Waals surface area contributed by atoms with E-state index >= 15 is 0 Å². The van der Waals surface area contributed by atoms with Gasteiger partial charge in [-0.1, -0.05) is 30.3 Å². The van der Waals surface area contributed by atoms with E-state index in [9.17, 15) is 15.0 Å². The number of hydrogen-bond donors (Lipinski definition) is 3. The predicted octanol–water partition coefficient (Wildman–Crippen LogP) is 1.30. The van der Waals surface area contributed by atoms with Gasteiger partial charge in [-0.3, -0.25) is 14.6 Å². The van der Waals surface area contributed by atoms with Crippen LogP contribution in [0.4, 0.5) is 0 Å². The lowest BCUT2D eigenvalue weighted by molar-refractivity contribution is 0.0601. The van der Waals surface area contributed by atoms with Crippen molar-refractivity contribution in [3.05, 3.63) is 65.7 Å². The molecule has 2 aromatic rings. The Morgan fingerprint density at radius 2 is 1.67 bits per heavy atom. The summed E-state index contributed by atoms with van der Waals surface area (Å²) in [6.45, 7) is 4.97. The van der Waals surface area contributed by atoms with E-state index < -0.39 is 0 Å². The Hall–Kier alpha value is -2.41. The van der Waals surface area contributed by atoms with Crippen LogP contribution < -0.4 is 5.32 Å². The average Bonchev–Trinajstić information content (AvgIpc) is 2.71. The van der Waals surface area contributed by atoms with Crippen LogP contribution in [0.15, 0.2) is 54.6 Å². The Balaban J connectivity index is 1.45. The van der Waals surface area contributed by atoms with Gasteiger partial charge in [0.2, 0.25) is 0 Å². The van der Waals surface area contributed by atoms with Gasteiger partial charge in [0.05, 0.1) is 12.6 Å². The molecule has 1 atom stereocenters. The SMILES string of the molecule is O=C(NC[C@@H](CO)N1CCN(Cc2ccccc2)CC1)c1ccc(O)cc1. The second-order valence-electron chi connectivity index (χ2n) is 6.89. The van der Waals surface area contributed by atoms with Gasteiger partial charge in [0.25, 0.3) is 5.91 Å². The highest BCUT2D eigenvalue weighted by Crippen LogP contribution is 2.12. The van der Waals surface area contributed by atoms with E-state index in [4.69, 9.17) is 0 Å². The first-order valence-corrected chi connectivity index (χ1v) is 9.34. The molecule has 6 heteroatoms. The summed E-state index contributed by atoms with van der Waals surface area (Å²) in [6, 6.07) is 16.5. The Morgan fingerprint density at radius 3 is 2.30 bits per heavy atom. The molecule has 0 aromatic heterocycles. The van der Waals surface area contributed by atoms with Gasteiger partial charge in [-0.05, 0) is 29.8 Å². The molecule has 1 heterocycles. The molecule has 0 radical (unpaired) electrons. The number of aliphatic hydroxyl groups excluding tert-OH is 1. The van der Waals surface area contributed by atoms with Gasteiger partial charge in [0.1, 0.15) is 5.75 Å². The Labute approximate surface area is 160 Å². The summed E-state index contributed by atoms with van der Waals surface area (Å²) in [5.41, 5.74) is 1.81. The van der Waals surface area contributed by atoms with E-state index in [0.29, 0.717) is 12.1 Å². The van der Waals surface area contributed by atoms with Gasteiger partial charge in [0, 0.05) is 44.8 Å². The van der Waals surface area contributed by atoms with Crippen molar-refractivity contribution in [2.45, 2.75) is 12.6 Å². The number of nitrogens with zero attached hydrogens (tertiary/aromatic N) is 2. The number of aromatic hydroxyl groups is 1. The third-order valence-corrected chi connectivity index (χ3v) is 5.01. The third kappa shape index (κ3) is 5.53. The zero-order valence-corrected chi connectivity index (χ0v) is 15.4. The number of phenolic OH excluding ortho intramolecular Hbond substituents is 1. The number of piperazine rings is 1. The standard InChI is InChI=1S/C21H27N3O3/c25-16-19(14-22-21(27)18-6-8-20(26)9-7-18)24-12-10-23(11-13-24)15-17-4-2-1-3-5-17/h1-9,19,25-26H,10-16H2,(H,22,27)/t19-/m0/s1. The molecular formula is C21H27N3O3. The molecule has 1 amide bonds. The number of amides is 1. The van der Waals surface area contributed by atoms with Crippen molar-refractivity contribution in [1.29, 1.82) is 0 Å². The quantitative estimate of drug-likeness (QED) is 0.686. The van der Waals surface area contributed by atoms with Gasteiger partial charge in [0.15, 0.2) is 0 Å². The molecule has 1 fully saturated rings. The van der Waals surface area contributed by atoms with Crippen LogP contribution in [0.1, 0.15) is 15.9 Å². The molecule has 1 aliphatic heterocycles. The molecule has 0 saturated carbocycles. The molecule has 0 bridgehead atoms. The number of nitrogens with one attached hydrogen (secondary N) is 1. The lowest BCUT2D eigenvalue weighted by Crippen LogP contribution is -2.54. The molecule has 27 heavy (non-hydrogen) atoms. The van der Waals surface area contributed by atoms with Gasteiger partial charge in [-0.15, -0.1) is 0 Å². The molecule has 3 rings (SSSR count). The molecule has 2 aromatic carbocycles. The number of carbonyl (C=O) groups excluding carboxylic acids is 1. The van der Waals surface area contributed by atoms with E-state index in [1.165, 1.54) is 17.7 Å². The second kappa shape index (κ2) is 9.50. The minimum atomic E-state index is -0.198. The van der Waals surface area contributed by atoms with Crippen LogP contribution in [-0.2, 0) is 6.54 Å². The first-order chi connectivity index (χ1) is 13.2. The van der Waals surface area contributed by atoms with Crippen LogP contribution in [0.5, 0.6) is 5.75 Å². The van der Waals surface area contributed by atoms with Gasteiger partial charge < -0.3 is 15.5 Å².